The summed E-state index contributed by atoms with van der Waals surface area (Å²) in [7, 11) is 1.40. The molecule has 0 radical (unpaired) electrons. The number of rotatable bonds is 1. The Balaban J connectivity index is 2.31. The first kappa shape index (κ1) is 12.2. The zero-order valence-electron chi connectivity index (χ0n) is 10.9. The molecule has 0 aliphatic heterocycles. The van der Waals surface area contributed by atoms with E-state index in [4.69, 9.17) is 4.74 Å². The lowest BCUT2D eigenvalue weighted by Crippen LogP contribution is -2.14. The molecule has 1 aliphatic rings. The van der Waals surface area contributed by atoms with Gasteiger partial charge in [-0.15, -0.1) is 0 Å². The van der Waals surface area contributed by atoms with Gasteiger partial charge in [-0.25, -0.2) is 4.39 Å². The first-order chi connectivity index (χ1) is 9.20. The molecule has 0 atom stereocenters. The monoisotopic (exact) mass is 261 g/mol. The van der Waals surface area contributed by atoms with Crippen molar-refractivity contribution in [1.29, 1.82) is 0 Å². The smallest absolute Gasteiger partial charge is 0.192 e. The van der Waals surface area contributed by atoms with Gasteiger partial charge < -0.3 is 9.72 Å². The zero-order valence-corrected chi connectivity index (χ0v) is 10.9. The molecule has 1 aromatic heterocycles. The molecular weight excluding hydrogens is 245 g/mol. The Hall–Kier alpha value is -1.84. The van der Waals surface area contributed by atoms with Crippen molar-refractivity contribution in [2.45, 2.75) is 32.1 Å². The molecule has 1 heterocycles. The van der Waals surface area contributed by atoms with Gasteiger partial charge in [0.15, 0.2) is 17.0 Å². The number of halogens is 1. The van der Waals surface area contributed by atoms with E-state index >= 15 is 0 Å². The van der Waals surface area contributed by atoms with Crippen LogP contribution in [0.2, 0.25) is 0 Å². The van der Waals surface area contributed by atoms with E-state index in [1.54, 1.807) is 0 Å². The average Bonchev–Trinajstić information content (AvgIpc) is 2.64. The molecule has 100 valence electrons. The van der Waals surface area contributed by atoms with Crippen LogP contribution < -0.4 is 10.2 Å². The van der Waals surface area contributed by atoms with Crippen molar-refractivity contribution in [1.82, 2.24) is 4.98 Å². The zero-order chi connectivity index (χ0) is 13.4. The fourth-order valence-electron chi connectivity index (χ4n) is 2.80. The van der Waals surface area contributed by atoms with Crippen molar-refractivity contribution in [2.24, 2.45) is 0 Å². The Kier molecular flexibility index (Phi) is 3.01. The number of fused-ring (bicyclic) bond motifs is 2. The minimum Gasteiger partial charge on any atom is -0.494 e. The molecule has 0 amide bonds. The second-order valence-corrected chi connectivity index (χ2v) is 5.00. The largest absolute Gasteiger partial charge is 0.494 e. The number of methoxy groups -OCH3 is 1. The van der Waals surface area contributed by atoms with Crippen LogP contribution in [0.4, 0.5) is 4.39 Å². The van der Waals surface area contributed by atoms with Gasteiger partial charge in [0.2, 0.25) is 0 Å². The van der Waals surface area contributed by atoms with Crippen molar-refractivity contribution in [3.05, 3.63) is 39.4 Å². The Morgan fingerprint density at radius 1 is 1.21 bits per heavy atom. The Morgan fingerprint density at radius 2 is 2.00 bits per heavy atom. The number of benzene rings is 1. The maximum Gasteiger partial charge on any atom is 0.192 e. The molecule has 3 nitrogen and oxygen atoms in total. The minimum absolute atomic E-state index is 0.0175. The number of aryl methyl sites for hydroxylation is 1. The summed E-state index contributed by atoms with van der Waals surface area (Å²) in [5.74, 6) is -0.328. The van der Waals surface area contributed by atoms with Gasteiger partial charge in [-0.3, -0.25) is 4.79 Å². The first-order valence-corrected chi connectivity index (χ1v) is 6.62. The van der Waals surface area contributed by atoms with E-state index in [0.29, 0.717) is 10.9 Å². The fourth-order valence-corrected chi connectivity index (χ4v) is 2.80. The summed E-state index contributed by atoms with van der Waals surface area (Å²) >= 11 is 0. The number of aromatic amines is 1. The van der Waals surface area contributed by atoms with E-state index in [2.05, 4.69) is 4.98 Å². The molecule has 1 aliphatic carbocycles. The Morgan fingerprint density at radius 3 is 2.79 bits per heavy atom. The van der Waals surface area contributed by atoms with Crippen molar-refractivity contribution in [2.75, 3.05) is 7.11 Å². The maximum absolute atomic E-state index is 13.7. The van der Waals surface area contributed by atoms with Gasteiger partial charge in [0.1, 0.15) is 0 Å². The van der Waals surface area contributed by atoms with Crippen molar-refractivity contribution >= 4 is 10.9 Å². The molecule has 0 fully saturated rings. The number of hydrogen-bond donors (Lipinski definition) is 1. The summed E-state index contributed by atoms with van der Waals surface area (Å²) in [6, 6.07) is 2.84. The highest BCUT2D eigenvalue weighted by molar-refractivity contribution is 5.81. The number of hydrogen-bond acceptors (Lipinski definition) is 2. The molecule has 3 rings (SSSR count). The van der Waals surface area contributed by atoms with E-state index in [0.717, 1.165) is 43.4 Å². The molecule has 0 spiro atoms. The average molecular weight is 261 g/mol. The molecule has 1 aromatic carbocycles. The quantitative estimate of drug-likeness (QED) is 0.802. The van der Waals surface area contributed by atoms with E-state index in [9.17, 15) is 9.18 Å². The van der Waals surface area contributed by atoms with Crippen LogP contribution in [0, 0.1) is 5.82 Å². The summed E-state index contributed by atoms with van der Waals surface area (Å²) in [6.07, 6.45) is 4.93. The lowest BCUT2D eigenvalue weighted by Gasteiger charge is -2.10. The van der Waals surface area contributed by atoms with Crippen molar-refractivity contribution < 1.29 is 9.13 Å². The lowest BCUT2D eigenvalue weighted by molar-refractivity contribution is 0.387. The maximum atomic E-state index is 13.7. The van der Waals surface area contributed by atoms with Crippen LogP contribution in [0.5, 0.6) is 5.75 Å². The second-order valence-electron chi connectivity index (χ2n) is 5.00. The molecule has 0 unspecified atom stereocenters. The van der Waals surface area contributed by atoms with Crippen LogP contribution in [-0.2, 0) is 12.8 Å². The van der Waals surface area contributed by atoms with Crippen LogP contribution in [0.1, 0.15) is 30.5 Å². The minimum atomic E-state index is -0.445. The number of nitrogens with one attached hydrogen (secondary N) is 1. The van der Waals surface area contributed by atoms with Gasteiger partial charge in [-0.2, -0.15) is 0 Å². The van der Waals surface area contributed by atoms with E-state index < -0.39 is 5.82 Å². The van der Waals surface area contributed by atoms with Crippen LogP contribution in [0.3, 0.4) is 0 Å². The third kappa shape index (κ3) is 2.01. The summed E-state index contributed by atoms with van der Waals surface area (Å²) in [4.78, 5) is 15.7. The van der Waals surface area contributed by atoms with Gasteiger partial charge in [-0.05, 0) is 31.7 Å². The molecule has 4 heteroatoms. The van der Waals surface area contributed by atoms with E-state index in [1.807, 2.05) is 0 Å². The molecule has 1 N–H and O–H groups in total. The molecule has 0 saturated heterocycles. The highest BCUT2D eigenvalue weighted by Crippen LogP contribution is 2.24. The summed E-state index contributed by atoms with van der Waals surface area (Å²) in [5.41, 5.74) is 2.41. The molecule has 19 heavy (non-hydrogen) atoms. The highest BCUT2D eigenvalue weighted by atomic mass is 19.1. The summed E-state index contributed by atoms with van der Waals surface area (Å²) in [6.45, 7) is 0. The van der Waals surface area contributed by atoms with Crippen molar-refractivity contribution in [3.8, 4) is 5.75 Å². The van der Waals surface area contributed by atoms with Crippen LogP contribution in [0.15, 0.2) is 16.9 Å². The lowest BCUT2D eigenvalue weighted by atomic mass is 10.0. The van der Waals surface area contributed by atoms with E-state index in [1.165, 1.54) is 19.2 Å². The summed E-state index contributed by atoms with van der Waals surface area (Å²) < 4.78 is 18.7. The third-order valence-electron chi connectivity index (χ3n) is 3.81. The van der Waals surface area contributed by atoms with Crippen molar-refractivity contribution in [3.63, 3.8) is 0 Å². The predicted molar refractivity (Wildman–Crippen MR) is 72.3 cm³/mol. The third-order valence-corrected chi connectivity index (χ3v) is 3.81. The normalized spacial score (nSPS) is 15.1. The number of ether oxygens (including phenoxy) is 1. The van der Waals surface area contributed by atoms with Crippen LogP contribution >= 0.6 is 0 Å². The van der Waals surface area contributed by atoms with Gasteiger partial charge >= 0.3 is 0 Å². The highest BCUT2D eigenvalue weighted by Gasteiger charge is 2.16. The van der Waals surface area contributed by atoms with Gasteiger partial charge in [0.05, 0.1) is 12.6 Å². The van der Waals surface area contributed by atoms with Crippen LogP contribution in [0.25, 0.3) is 10.9 Å². The second kappa shape index (κ2) is 4.68. The molecule has 0 saturated carbocycles. The van der Waals surface area contributed by atoms with Gasteiger partial charge in [0, 0.05) is 22.7 Å². The topological polar surface area (TPSA) is 42.1 Å². The first-order valence-electron chi connectivity index (χ1n) is 6.62. The number of aromatic nitrogens is 1. The predicted octanol–water partition coefficient (Wildman–Crippen LogP) is 2.94. The standard InChI is InChI=1S/C15H16FNO2/c1-19-14-7-10-13(8-11(14)16)17-12-6-4-2-3-5-9(12)15(10)18/h7-8H,2-6H2,1H3,(H,17,18). The number of H-pyrrole nitrogens is 1. The van der Waals surface area contributed by atoms with E-state index in [-0.39, 0.29) is 11.2 Å². The van der Waals surface area contributed by atoms with Gasteiger partial charge in [0.25, 0.3) is 0 Å². The van der Waals surface area contributed by atoms with Gasteiger partial charge in [-0.1, -0.05) is 6.42 Å². The molecule has 2 aromatic rings. The summed E-state index contributed by atoms with van der Waals surface area (Å²) in [5, 5.41) is 0.513. The molecular formula is C15H16FNO2. The fraction of sp³-hybridized carbons (Fsp3) is 0.400. The van der Waals surface area contributed by atoms with Crippen LogP contribution in [-0.4, -0.2) is 12.1 Å². The number of pyridine rings is 1. The molecule has 0 bridgehead atoms. The Bertz CT molecular complexity index is 691. The Labute approximate surface area is 110 Å². The SMILES string of the molecule is COc1cc2c(=O)c3c([nH]c2cc1F)CCCCC3.